The Labute approximate surface area is 246 Å². The highest BCUT2D eigenvalue weighted by atomic mass is 16.3. The second-order valence-electron chi connectivity index (χ2n) is 11.9. The van der Waals surface area contributed by atoms with Gasteiger partial charge in [-0.15, -0.1) is 0 Å². The van der Waals surface area contributed by atoms with E-state index in [2.05, 4.69) is 122 Å². The van der Waals surface area contributed by atoms with Crippen molar-refractivity contribution in [1.29, 1.82) is 0 Å². The molecule has 7 rings (SSSR count). The van der Waals surface area contributed by atoms with Gasteiger partial charge in [0, 0.05) is 17.0 Å². The highest BCUT2D eigenvalue weighted by molar-refractivity contribution is 6.09. The molecule has 4 heteroatoms. The molecule has 4 nitrogen and oxygen atoms in total. The first-order valence-electron chi connectivity index (χ1n) is 14.8. The van der Waals surface area contributed by atoms with Crippen molar-refractivity contribution in [2.24, 2.45) is 0 Å². The summed E-state index contributed by atoms with van der Waals surface area (Å²) in [4.78, 5) is 9.70. The number of fused-ring (bicyclic) bond motifs is 4. The van der Waals surface area contributed by atoms with Crippen LogP contribution in [0.2, 0.25) is 0 Å². The Morgan fingerprint density at radius 2 is 1.40 bits per heavy atom. The summed E-state index contributed by atoms with van der Waals surface area (Å²) in [6, 6.07) is 32.4. The minimum atomic E-state index is 0.369. The van der Waals surface area contributed by atoms with E-state index in [1.165, 1.54) is 27.8 Å². The predicted molar refractivity (Wildman–Crippen MR) is 174 cm³/mol. The lowest BCUT2D eigenvalue weighted by atomic mass is 9.85. The highest BCUT2D eigenvalue weighted by Gasteiger charge is 2.23. The monoisotopic (exact) mass is 549 g/mol. The maximum absolute atomic E-state index is 6.54. The molecule has 0 atom stereocenters. The fourth-order valence-electron chi connectivity index (χ4n) is 6.36. The quantitative estimate of drug-likeness (QED) is 0.207. The van der Waals surface area contributed by atoms with Crippen molar-refractivity contribution in [3.8, 4) is 22.5 Å². The summed E-state index contributed by atoms with van der Waals surface area (Å²) < 4.78 is 8.93. The summed E-state index contributed by atoms with van der Waals surface area (Å²) in [5.74, 6) is 1.66. The standard InChI is InChI=1S/C38H35N3O/c1-23(2)31-20-27(26-12-7-6-8-13-26)21-32(24(3)4)33(31)22-41-35-17-10-9-16-34(35)40-38(41)30-15-11-14-28-29-18-19-39-25(5)36(29)42-37(28)30/h6-21,23-24H,22H2,1-5H3. The van der Waals surface area contributed by atoms with Crippen LogP contribution in [0.15, 0.2) is 102 Å². The molecule has 0 bridgehead atoms. The van der Waals surface area contributed by atoms with Crippen molar-refractivity contribution in [2.45, 2.75) is 53.0 Å². The van der Waals surface area contributed by atoms with E-state index in [-0.39, 0.29) is 0 Å². The molecule has 0 amide bonds. The first kappa shape index (κ1) is 26.2. The Bertz CT molecular complexity index is 2050. The molecule has 42 heavy (non-hydrogen) atoms. The number of hydrogen-bond acceptors (Lipinski definition) is 3. The molecule has 0 aliphatic rings. The molecule has 208 valence electrons. The third-order valence-corrected chi connectivity index (χ3v) is 8.47. The molecule has 0 aliphatic carbocycles. The van der Waals surface area contributed by atoms with Gasteiger partial charge in [-0.3, -0.25) is 4.98 Å². The summed E-state index contributed by atoms with van der Waals surface area (Å²) in [5, 5.41) is 2.17. The fraction of sp³-hybridized carbons (Fsp3) is 0.211. The Kier molecular flexibility index (Phi) is 6.42. The number of aryl methyl sites for hydroxylation is 1. The van der Waals surface area contributed by atoms with Gasteiger partial charge >= 0.3 is 0 Å². The molecule has 0 saturated heterocycles. The lowest BCUT2D eigenvalue weighted by Crippen LogP contribution is -2.11. The summed E-state index contributed by atoms with van der Waals surface area (Å²) in [5.41, 5.74) is 12.4. The number of benzene rings is 4. The Morgan fingerprint density at radius 3 is 2.14 bits per heavy atom. The van der Waals surface area contributed by atoms with E-state index in [4.69, 9.17) is 9.40 Å². The first-order chi connectivity index (χ1) is 20.4. The van der Waals surface area contributed by atoms with Crippen molar-refractivity contribution in [2.75, 3.05) is 0 Å². The van der Waals surface area contributed by atoms with Crippen molar-refractivity contribution >= 4 is 33.0 Å². The second-order valence-corrected chi connectivity index (χ2v) is 11.9. The largest absolute Gasteiger partial charge is 0.453 e. The highest BCUT2D eigenvalue weighted by Crippen LogP contribution is 2.39. The third-order valence-electron chi connectivity index (χ3n) is 8.47. The van der Waals surface area contributed by atoms with E-state index in [0.717, 1.165) is 56.6 Å². The molecule has 3 aromatic heterocycles. The number of hydrogen-bond donors (Lipinski definition) is 0. The van der Waals surface area contributed by atoms with Gasteiger partial charge in [0.25, 0.3) is 0 Å². The topological polar surface area (TPSA) is 43.9 Å². The lowest BCUT2D eigenvalue weighted by Gasteiger charge is -2.23. The maximum atomic E-state index is 6.54. The van der Waals surface area contributed by atoms with Crippen LogP contribution in [0.4, 0.5) is 0 Å². The molecule has 4 aromatic carbocycles. The molecule has 0 N–H and O–H groups in total. The number of imidazole rings is 1. The van der Waals surface area contributed by atoms with Gasteiger partial charge in [-0.2, -0.15) is 0 Å². The SMILES string of the molecule is Cc1nccc2c1oc1c(-c3nc4ccccc4n3Cc3c(C(C)C)cc(-c4ccccc4)cc3C(C)C)cccc12. The summed E-state index contributed by atoms with van der Waals surface area (Å²) in [6.07, 6.45) is 1.86. The molecule has 0 unspecified atom stereocenters. The molecule has 0 saturated carbocycles. The van der Waals surface area contributed by atoms with Gasteiger partial charge in [-0.25, -0.2) is 4.98 Å². The minimum absolute atomic E-state index is 0.369. The van der Waals surface area contributed by atoms with Crippen LogP contribution in [0, 0.1) is 6.92 Å². The fourth-order valence-corrected chi connectivity index (χ4v) is 6.36. The van der Waals surface area contributed by atoms with E-state index in [0.29, 0.717) is 11.8 Å². The smallest absolute Gasteiger partial charge is 0.156 e. The number of para-hydroxylation sites is 3. The number of aromatic nitrogens is 3. The van der Waals surface area contributed by atoms with Gasteiger partial charge < -0.3 is 8.98 Å². The molecule has 0 fully saturated rings. The maximum Gasteiger partial charge on any atom is 0.156 e. The zero-order valence-electron chi connectivity index (χ0n) is 24.8. The lowest BCUT2D eigenvalue weighted by molar-refractivity contribution is 0.662. The summed E-state index contributed by atoms with van der Waals surface area (Å²) in [6.45, 7) is 11.9. The number of furan rings is 1. The van der Waals surface area contributed by atoms with E-state index < -0.39 is 0 Å². The third kappa shape index (κ3) is 4.30. The van der Waals surface area contributed by atoms with Gasteiger partial charge in [0.2, 0.25) is 0 Å². The van der Waals surface area contributed by atoms with Crippen LogP contribution >= 0.6 is 0 Å². The predicted octanol–water partition coefficient (Wildman–Crippen LogP) is 10.3. The Morgan fingerprint density at radius 1 is 0.714 bits per heavy atom. The Balaban J connectivity index is 1.48. The zero-order chi connectivity index (χ0) is 29.0. The molecule has 0 spiro atoms. The zero-order valence-corrected chi connectivity index (χ0v) is 24.8. The number of nitrogens with zero attached hydrogens (tertiary/aromatic N) is 3. The van der Waals surface area contributed by atoms with Crippen LogP contribution in [0.3, 0.4) is 0 Å². The molecular weight excluding hydrogens is 514 g/mol. The number of pyridine rings is 1. The Hall–Kier alpha value is -4.70. The molecular formula is C38H35N3O. The van der Waals surface area contributed by atoms with Gasteiger partial charge in [-0.1, -0.05) is 94.4 Å². The first-order valence-corrected chi connectivity index (χ1v) is 14.8. The van der Waals surface area contributed by atoms with Crippen LogP contribution in [0.1, 0.15) is 61.9 Å². The van der Waals surface area contributed by atoms with Crippen LogP contribution in [0.25, 0.3) is 55.5 Å². The van der Waals surface area contributed by atoms with Gasteiger partial charge in [0.05, 0.1) is 28.8 Å². The second kappa shape index (κ2) is 10.3. The van der Waals surface area contributed by atoms with Crippen LogP contribution in [-0.2, 0) is 6.54 Å². The molecule has 0 radical (unpaired) electrons. The molecule has 7 aromatic rings. The minimum Gasteiger partial charge on any atom is -0.453 e. The van der Waals surface area contributed by atoms with Crippen LogP contribution in [-0.4, -0.2) is 14.5 Å². The normalized spacial score (nSPS) is 12.0. The van der Waals surface area contributed by atoms with E-state index >= 15 is 0 Å². The van der Waals surface area contributed by atoms with Crippen molar-refractivity contribution in [3.63, 3.8) is 0 Å². The van der Waals surface area contributed by atoms with Gasteiger partial charge in [-0.05, 0) is 70.8 Å². The van der Waals surface area contributed by atoms with E-state index in [1.807, 2.05) is 19.2 Å². The molecule has 0 aliphatic heterocycles. The summed E-state index contributed by atoms with van der Waals surface area (Å²) in [7, 11) is 0. The van der Waals surface area contributed by atoms with E-state index in [1.54, 1.807) is 0 Å². The van der Waals surface area contributed by atoms with Crippen LogP contribution < -0.4 is 0 Å². The molecule has 3 heterocycles. The van der Waals surface area contributed by atoms with Crippen molar-refractivity contribution in [1.82, 2.24) is 14.5 Å². The van der Waals surface area contributed by atoms with Crippen molar-refractivity contribution < 1.29 is 4.42 Å². The average Bonchev–Trinajstić information content (AvgIpc) is 3.57. The van der Waals surface area contributed by atoms with Gasteiger partial charge in [0.1, 0.15) is 11.4 Å². The van der Waals surface area contributed by atoms with Crippen molar-refractivity contribution in [3.05, 3.63) is 120 Å². The summed E-state index contributed by atoms with van der Waals surface area (Å²) >= 11 is 0. The van der Waals surface area contributed by atoms with Gasteiger partial charge in [0.15, 0.2) is 5.58 Å². The van der Waals surface area contributed by atoms with E-state index in [9.17, 15) is 0 Å². The van der Waals surface area contributed by atoms with Crippen LogP contribution in [0.5, 0.6) is 0 Å². The number of rotatable bonds is 6. The average molecular weight is 550 g/mol.